The average molecular weight is 356 g/mol. The van der Waals surface area contributed by atoms with Gasteiger partial charge >= 0.3 is 0 Å². The van der Waals surface area contributed by atoms with E-state index in [4.69, 9.17) is 4.74 Å². The lowest BCUT2D eigenvalue weighted by Crippen LogP contribution is -2.58. The molecule has 1 unspecified atom stereocenters. The third-order valence-corrected chi connectivity index (χ3v) is 5.87. The number of hydrogen-bond acceptors (Lipinski definition) is 3. The molecule has 0 saturated carbocycles. The average Bonchev–Trinajstić information content (AvgIpc) is 3.19. The van der Waals surface area contributed by atoms with Crippen molar-refractivity contribution in [1.82, 2.24) is 10.2 Å². The standard InChI is InChI=1S/C21H28N2O3/c1-3-18(24)22-20(4-2)12-14-23(15-13-20)19(25)21(11-8-16-26-21)17-9-6-5-7-10-17/h3,5-7,9-10H,1,4,8,11-16H2,2H3,(H,22,24). The van der Waals surface area contributed by atoms with Crippen molar-refractivity contribution >= 4 is 11.8 Å². The number of piperidine rings is 1. The molecule has 0 aromatic heterocycles. The molecule has 0 radical (unpaired) electrons. The van der Waals surface area contributed by atoms with Crippen LogP contribution in [0.5, 0.6) is 0 Å². The van der Waals surface area contributed by atoms with Crippen LogP contribution in [0.15, 0.2) is 43.0 Å². The monoisotopic (exact) mass is 356 g/mol. The van der Waals surface area contributed by atoms with Gasteiger partial charge in [-0.05, 0) is 43.7 Å². The van der Waals surface area contributed by atoms with Gasteiger partial charge < -0.3 is 15.0 Å². The van der Waals surface area contributed by atoms with E-state index in [2.05, 4.69) is 18.8 Å². The van der Waals surface area contributed by atoms with Crippen molar-refractivity contribution in [2.75, 3.05) is 19.7 Å². The number of amides is 2. The van der Waals surface area contributed by atoms with Crippen LogP contribution in [0.25, 0.3) is 0 Å². The molecule has 5 nitrogen and oxygen atoms in total. The Bertz CT molecular complexity index is 657. The molecule has 1 atom stereocenters. The molecule has 2 aliphatic heterocycles. The van der Waals surface area contributed by atoms with Crippen LogP contribution in [0.2, 0.25) is 0 Å². The van der Waals surface area contributed by atoms with Gasteiger partial charge in [0.25, 0.3) is 5.91 Å². The fraction of sp³-hybridized carbons (Fsp3) is 0.524. The Hall–Kier alpha value is -2.14. The highest BCUT2D eigenvalue weighted by Crippen LogP contribution is 2.39. The van der Waals surface area contributed by atoms with Crippen LogP contribution in [0.1, 0.15) is 44.6 Å². The molecule has 26 heavy (non-hydrogen) atoms. The minimum absolute atomic E-state index is 0.0564. The van der Waals surface area contributed by atoms with Crippen LogP contribution in [-0.4, -0.2) is 41.9 Å². The summed E-state index contributed by atoms with van der Waals surface area (Å²) in [7, 11) is 0. The zero-order valence-corrected chi connectivity index (χ0v) is 15.5. The van der Waals surface area contributed by atoms with Crippen LogP contribution in [0.4, 0.5) is 0 Å². The second-order valence-electron chi connectivity index (χ2n) is 7.26. The van der Waals surface area contributed by atoms with E-state index in [-0.39, 0.29) is 17.4 Å². The van der Waals surface area contributed by atoms with Gasteiger partial charge in [-0.3, -0.25) is 9.59 Å². The van der Waals surface area contributed by atoms with Crippen molar-refractivity contribution in [3.63, 3.8) is 0 Å². The zero-order chi connectivity index (χ0) is 18.6. The number of nitrogens with zero attached hydrogens (tertiary/aromatic N) is 1. The molecular formula is C21H28N2O3. The second kappa shape index (κ2) is 7.62. The Morgan fingerprint density at radius 2 is 1.92 bits per heavy atom. The van der Waals surface area contributed by atoms with Gasteiger partial charge in [0.1, 0.15) is 0 Å². The predicted molar refractivity (Wildman–Crippen MR) is 100 cm³/mol. The molecule has 1 aromatic rings. The molecule has 3 rings (SSSR count). The van der Waals surface area contributed by atoms with Crippen molar-refractivity contribution in [3.8, 4) is 0 Å². The third-order valence-electron chi connectivity index (χ3n) is 5.87. The van der Waals surface area contributed by atoms with Gasteiger partial charge in [-0.1, -0.05) is 43.8 Å². The number of rotatable bonds is 5. The number of carbonyl (C=O) groups excluding carboxylic acids is 2. The number of benzene rings is 1. The zero-order valence-electron chi connectivity index (χ0n) is 15.5. The van der Waals surface area contributed by atoms with Crippen LogP contribution >= 0.6 is 0 Å². The Labute approximate surface area is 155 Å². The summed E-state index contributed by atoms with van der Waals surface area (Å²) in [5, 5.41) is 3.08. The minimum atomic E-state index is -0.849. The first-order valence-corrected chi connectivity index (χ1v) is 9.49. The van der Waals surface area contributed by atoms with E-state index in [0.29, 0.717) is 19.7 Å². The quantitative estimate of drug-likeness (QED) is 0.826. The van der Waals surface area contributed by atoms with Crippen LogP contribution < -0.4 is 5.32 Å². The molecule has 0 aliphatic carbocycles. The summed E-state index contributed by atoms with van der Waals surface area (Å²) in [4.78, 5) is 27.1. The fourth-order valence-electron chi connectivity index (χ4n) is 4.14. The maximum absolute atomic E-state index is 13.4. The van der Waals surface area contributed by atoms with E-state index >= 15 is 0 Å². The number of likely N-dealkylation sites (tertiary alicyclic amines) is 1. The summed E-state index contributed by atoms with van der Waals surface area (Å²) >= 11 is 0. The molecule has 2 amide bonds. The first kappa shape index (κ1) is 18.6. The molecular weight excluding hydrogens is 328 g/mol. The molecule has 2 heterocycles. The smallest absolute Gasteiger partial charge is 0.259 e. The van der Waals surface area contributed by atoms with Crippen molar-refractivity contribution < 1.29 is 14.3 Å². The molecule has 0 spiro atoms. The van der Waals surface area contributed by atoms with E-state index in [1.165, 1.54) is 6.08 Å². The second-order valence-corrected chi connectivity index (χ2v) is 7.26. The van der Waals surface area contributed by atoms with Crippen molar-refractivity contribution in [3.05, 3.63) is 48.6 Å². The minimum Gasteiger partial charge on any atom is -0.360 e. The number of hydrogen-bond donors (Lipinski definition) is 1. The first-order chi connectivity index (χ1) is 12.6. The van der Waals surface area contributed by atoms with E-state index in [0.717, 1.165) is 37.7 Å². The lowest BCUT2D eigenvalue weighted by molar-refractivity contribution is -0.156. The lowest BCUT2D eigenvalue weighted by Gasteiger charge is -2.44. The highest BCUT2D eigenvalue weighted by Gasteiger charge is 2.48. The van der Waals surface area contributed by atoms with E-state index < -0.39 is 5.60 Å². The number of nitrogens with one attached hydrogen (secondary N) is 1. The maximum Gasteiger partial charge on any atom is 0.259 e. The summed E-state index contributed by atoms with van der Waals surface area (Å²) < 4.78 is 6.03. The molecule has 0 bridgehead atoms. The third kappa shape index (κ3) is 3.40. The van der Waals surface area contributed by atoms with Gasteiger partial charge in [0, 0.05) is 25.2 Å². The van der Waals surface area contributed by atoms with Gasteiger partial charge in [-0.2, -0.15) is 0 Å². The van der Waals surface area contributed by atoms with E-state index in [9.17, 15) is 9.59 Å². The van der Waals surface area contributed by atoms with Gasteiger partial charge in [-0.15, -0.1) is 0 Å². The summed E-state index contributed by atoms with van der Waals surface area (Å²) in [6.45, 7) is 7.48. The van der Waals surface area contributed by atoms with Gasteiger partial charge in [0.15, 0.2) is 5.60 Å². The largest absolute Gasteiger partial charge is 0.360 e. The molecule has 2 fully saturated rings. The van der Waals surface area contributed by atoms with Crippen LogP contribution in [0.3, 0.4) is 0 Å². The first-order valence-electron chi connectivity index (χ1n) is 9.49. The molecule has 2 aliphatic rings. The van der Waals surface area contributed by atoms with Crippen molar-refractivity contribution in [2.24, 2.45) is 0 Å². The van der Waals surface area contributed by atoms with Gasteiger partial charge in [0.2, 0.25) is 5.91 Å². The molecule has 2 saturated heterocycles. The predicted octanol–water partition coefficient (Wildman–Crippen LogP) is 2.77. The number of carbonyl (C=O) groups is 2. The Balaban J connectivity index is 1.75. The molecule has 1 N–H and O–H groups in total. The summed E-state index contributed by atoms with van der Waals surface area (Å²) in [6, 6.07) is 9.82. The molecule has 5 heteroatoms. The number of ether oxygens (including phenoxy) is 1. The van der Waals surface area contributed by atoms with Gasteiger partial charge in [0.05, 0.1) is 0 Å². The van der Waals surface area contributed by atoms with E-state index in [1.807, 2.05) is 35.2 Å². The van der Waals surface area contributed by atoms with Crippen LogP contribution in [0, 0.1) is 0 Å². The lowest BCUT2D eigenvalue weighted by atomic mass is 9.83. The SMILES string of the molecule is C=CC(=O)NC1(CC)CCN(C(=O)C2(c3ccccc3)CCCO2)CC1. The van der Waals surface area contributed by atoms with Gasteiger partial charge in [-0.25, -0.2) is 0 Å². The summed E-state index contributed by atoms with van der Waals surface area (Å²) in [6.07, 6.45) is 5.27. The molecule has 140 valence electrons. The van der Waals surface area contributed by atoms with Crippen molar-refractivity contribution in [1.29, 1.82) is 0 Å². The Morgan fingerprint density at radius 1 is 1.23 bits per heavy atom. The highest BCUT2D eigenvalue weighted by atomic mass is 16.5. The topological polar surface area (TPSA) is 58.6 Å². The summed E-state index contributed by atoms with van der Waals surface area (Å²) in [5.74, 6) is -0.0903. The molecule has 1 aromatic carbocycles. The summed E-state index contributed by atoms with van der Waals surface area (Å²) in [5.41, 5.74) is -0.161. The van der Waals surface area contributed by atoms with Crippen molar-refractivity contribution in [2.45, 2.75) is 50.2 Å². The van der Waals surface area contributed by atoms with Crippen LogP contribution in [-0.2, 0) is 19.9 Å². The Kier molecular flexibility index (Phi) is 5.47. The maximum atomic E-state index is 13.4. The fourth-order valence-corrected chi connectivity index (χ4v) is 4.14. The van der Waals surface area contributed by atoms with E-state index in [1.54, 1.807) is 0 Å². The Morgan fingerprint density at radius 3 is 2.46 bits per heavy atom. The normalized spacial score (nSPS) is 24.9. The highest BCUT2D eigenvalue weighted by molar-refractivity contribution is 5.88.